The Morgan fingerprint density at radius 2 is 2.00 bits per heavy atom. The average molecular weight is 280 g/mol. The van der Waals surface area contributed by atoms with Gasteiger partial charge in [0.2, 0.25) is 0 Å². The number of hydrogen-bond donors (Lipinski definition) is 1. The molecule has 21 heavy (non-hydrogen) atoms. The molecule has 1 N–H and O–H groups in total. The number of para-hydroxylation sites is 1. The van der Waals surface area contributed by atoms with Crippen LogP contribution in [0.15, 0.2) is 48.9 Å². The molecule has 0 aliphatic heterocycles. The minimum absolute atomic E-state index is 0.209. The van der Waals surface area contributed by atoms with Crippen LogP contribution in [0, 0.1) is 0 Å². The number of aromatic nitrogens is 3. The van der Waals surface area contributed by atoms with Crippen LogP contribution in [0.5, 0.6) is 0 Å². The van der Waals surface area contributed by atoms with E-state index in [1.165, 1.54) is 10.9 Å². The Hall–Kier alpha value is -2.20. The minimum Gasteiger partial charge on any atom is -0.337 e. The summed E-state index contributed by atoms with van der Waals surface area (Å²) in [6, 6.07) is 10.6. The lowest BCUT2D eigenvalue weighted by atomic mass is 10.0. The predicted molar refractivity (Wildman–Crippen MR) is 85.1 cm³/mol. The fourth-order valence-electron chi connectivity index (χ4n) is 2.77. The van der Waals surface area contributed by atoms with Crippen LogP contribution in [-0.4, -0.2) is 21.1 Å². The van der Waals surface area contributed by atoms with E-state index in [0.29, 0.717) is 0 Å². The van der Waals surface area contributed by atoms with Gasteiger partial charge < -0.3 is 9.88 Å². The fourth-order valence-corrected chi connectivity index (χ4v) is 2.77. The summed E-state index contributed by atoms with van der Waals surface area (Å²) in [5.74, 6) is 1.07. The molecule has 2 aromatic heterocycles. The lowest BCUT2D eigenvalue weighted by Gasteiger charge is -2.18. The van der Waals surface area contributed by atoms with E-state index in [2.05, 4.69) is 51.0 Å². The van der Waals surface area contributed by atoms with Crippen molar-refractivity contribution < 1.29 is 0 Å². The van der Waals surface area contributed by atoms with Gasteiger partial charge in [-0.1, -0.05) is 25.1 Å². The number of fused-ring (bicyclic) bond motifs is 1. The van der Waals surface area contributed by atoms with Crippen LogP contribution < -0.4 is 5.32 Å². The molecule has 4 nitrogen and oxygen atoms in total. The second-order valence-electron chi connectivity index (χ2n) is 5.20. The third-order valence-electron chi connectivity index (χ3n) is 3.78. The van der Waals surface area contributed by atoms with E-state index in [1.807, 2.05) is 31.7 Å². The third-order valence-corrected chi connectivity index (χ3v) is 3.78. The summed E-state index contributed by atoms with van der Waals surface area (Å²) in [6.45, 7) is 3.04. The van der Waals surface area contributed by atoms with Crippen molar-refractivity contribution >= 4 is 10.9 Å². The first-order valence-electron chi connectivity index (χ1n) is 7.33. The number of aryl methyl sites for hydroxylation is 1. The van der Waals surface area contributed by atoms with Crippen molar-refractivity contribution in [2.75, 3.05) is 6.54 Å². The Labute approximate surface area is 124 Å². The highest BCUT2D eigenvalue weighted by Gasteiger charge is 2.16. The number of likely N-dealkylation sites (N-methyl/N-ethyl adjacent to an activating group) is 1. The number of benzene rings is 1. The standard InChI is InChI=1S/C17H20N4/c1-3-18-16(17-20-10-11-21(17)2)12-13-8-9-19-15-7-5-4-6-14(13)15/h4-11,16,18H,3,12H2,1-2H3. The fraction of sp³-hybridized carbons (Fsp3) is 0.294. The SMILES string of the molecule is CCNC(Cc1ccnc2ccccc12)c1nccn1C. The van der Waals surface area contributed by atoms with Crippen LogP contribution in [0.3, 0.4) is 0 Å². The molecule has 1 unspecified atom stereocenters. The van der Waals surface area contributed by atoms with Gasteiger partial charge in [0.25, 0.3) is 0 Å². The van der Waals surface area contributed by atoms with Crippen molar-refractivity contribution in [3.05, 3.63) is 60.3 Å². The van der Waals surface area contributed by atoms with Crippen molar-refractivity contribution in [3.63, 3.8) is 0 Å². The highest BCUT2D eigenvalue weighted by molar-refractivity contribution is 5.81. The molecule has 2 heterocycles. The first-order chi connectivity index (χ1) is 10.3. The lowest BCUT2D eigenvalue weighted by molar-refractivity contribution is 0.507. The maximum atomic E-state index is 4.50. The maximum Gasteiger partial charge on any atom is 0.125 e. The summed E-state index contributed by atoms with van der Waals surface area (Å²) in [5, 5.41) is 4.75. The van der Waals surface area contributed by atoms with Gasteiger partial charge in [0, 0.05) is 31.0 Å². The molecule has 0 aliphatic carbocycles. The van der Waals surface area contributed by atoms with Crippen molar-refractivity contribution in [1.29, 1.82) is 0 Å². The Morgan fingerprint density at radius 3 is 2.76 bits per heavy atom. The molecule has 1 atom stereocenters. The topological polar surface area (TPSA) is 42.7 Å². The molecule has 108 valence electrons. The van der Waals surface area contributed by atoms with Gasteiger partial charge in [-0.25, -0.2) is 4.98 Å². The van der Waals surface area contributed by atoms with Crippen LogP contribution in [0.1, 0.15) is 24.4 Å². The number of hydrogen-bond acceptors (Lipinski definition) is 3. The molecular formula is C17H20N4. The van der Waals surface area contributed by atoms with Crippen LogP contribution in [0.4, 0.5) is 0 Å². The van der Waals surface area contributed by atoms with E-state index in [4.69, 9.17) is 0 Å². The van der Waals surface area contributed by atoms with E-state index < -0.39 is 0 Å². The van der Waals surface area contributed by atoms with Gasteiger partial charge in [-0.3, -0.25) is 4.98 Å². The van der Waals surface area contributed by atoms with Crippen molar-refractivity contribution in [3.8, 4) is 0 Å². The quantitative estimate of drug-likeness (QED) is 0.781. The third kappa shape index (κ3) is 2.81. The van der Waals surface area contributed by atoms with Crippen molar-refractivity contribution in [1.82, 2.24) is 19.9 Å². The van der Waals surface area contributed by atoms with Gasteiger partial charge in [-0.05, 0) is 30.7 Å². The van der Waals surface area contributed by atoms with Gasteiger partial charge in [-0.2, -0.15) is 0 Å². The second kappa shape index (κ2) is 6.06. The summed E-state index contributed by atoms with van der Waals surface area (Å²) < 4.78 is 2.08. The Bertz CT molecular complexity index is 727. The van der Waals surface area contributed by atoms with Gasteiger partial charge in [-0.15, -0.1) is 0 Å². The first-order valence-corrected chi connectivity index (χ1v) is 7.33. The monoisotopic (exact) mass is 280 g/mol. The molecule has 0 amide bonds. The summed E-state index contributed by atoms with van der Waals surface area (Å²) in [4.78, 5) is 8.93. The minimum atomic E-state index is 0.209. The predicted octanol–water partition coefficient (Wildman–Crippen LogP) is 2.86. The molecule has 0 radical (unpaired) electrons. The normalized spacial score (nSPS) is 12.7. The number of imidazole rings is 1. The molecular weight excluding hydrogens is 260 g/mol. The Balaban J connectivity index is 1.97. The number of nitrogens with one attached hydrogen (secondary N) is 1. The van der Waals surface area contributed by atoms with Gasteiger partial charge in [0.15, 0.2) is 0 Å². The van der Waals surface area contributed by atoms with Crippen LogP contribution in [0.25, 0.3) is 10.9 Å². The summed E-state index contributed by atoms with van der Waals surface area (Å²) in [5.41, 5.74) is 2.35. The van der Waals surface area contributed by atoms with Gasteiger partial charge >= 0.3 is 0 Å². The zero-order valence-electron chi connectivity index (χ0n) is 12.5. The summed E-state index contributed by atoms with van der Waals surface area (Å²) >= 11 is 0. The van der Waals surface area contributed by atoms with Gasteiger partial charge in [0.1, 0.15) is 5.82 Å². The van der Waals surface area contributed by atoms with E-state index in [0.717, 1.165) is 24.3 Å². The first kappa shape index (κ1) is 13.8. The molecule has 0 fully saturated rings. The van der Waals surface area contributed by atoms with E-state index in [9.17, 15) is 0 Å². The zero-order chi connectivity index (χ0) is 14.7. The average Bonchev–Trinajstić information content (AvgIpc) is 2.93. The number of rotatable bonds is 5. The molecule has 0 spiro atoms. The number of pyridine rings is 1. The molecule has 0 aliphatic rings. The van der Waals surface area contributed by atoms with Crippen LogP contribution in [-0.2, 0) is 13.5 Å². The molecule has 0 saturated heterocycles. The molecule has 4 heteroatoms. The highest BCUT2D eigenvalue weighted by atomic mass is 15.1. The summed E-state index contributed by atoms with van der Waals surface area (Å²) in [6.07, 6.45) is 6.63. The van der Waals surface area contributed by atoms with Crippen LogP contribution >= 0.6 is 0 Å². The Morgan fingerprint density at radius 1 is 1.14 bits per heavy atom. The summed E-state index contributed by atoms with van der Waals surface area (Å²) in [7, 11) is 2.04. The smallest absolute Gasteiger partial charge is 0.125 e. The second-order valence-corrected chi connectivity index (χ2v) is 5.20. The maximum absolute atomic E-state index is 4.50. The molecule has 1 aromatic carbocycles. The molecule has 3 aromatic rings. The molecule has 0 saturated carbocycles. The largest absolute Gasteiger partial charge is 0.337 e. The van der Waals surface area contributed by atoms with E-state index >= 15 is 0 Å². The Kier molecular flexibility index (Phi) is 3.97. The highest BCUT2D eigenvalue weighted by Crippen LogP contribution is 2.22. The van der Waals surface area contributed by atoms with Crippen molar-refractivity contribution in [2.24, 2.45) is 7.05 Å². The zero-order valence-corrected chi connectivity index (χ0v) is 12.5. The van der Waals surface area contributed by atoms with E-state index in [1.54, 1.807) is 0 Å². The molecule has 0 bridgehead atoms. The van der Waals surface area contributed by atoms with Crippen LogP contribution in [0.2, 0.25) is 0 Å². The lowest BCUT2D eigenvalue weighted by Crippen LogP contribution is -2.25. The molecule has 3 rings (SSSR count). The number of nitrogens with zero attached hydrogens (tertiary/aromatic N) is 3. The van der Waals surface area contributed by atoms with E-state index in [-0.39, 0.29) is 6.04 Å². The van der Waals surface area contributed by atoms with Gasteiger partial charge in [0.05, 0.1) is 11.6 Å². The van der Waals surface area contributed by atoms with Crippen molar-refractivity contribution in [2.45, 2.75) is 19.4 Å².